The Morgan fingerprint density at radius 3 is 2.27 bits per heavy atom. The average molecular weight is 494 g/mol. The molecule has 3 nitrogen and oxygen atoms in total. The van der Waals surface area contributed by atoms with Gasteiger partial charge in [-0.3, -0.25) is 0 Å². The summed E-state index contributed by atoms with van der Waals surface area (Å²) >= 11 is 9.77. The number of ether oxygens (including phenoxy) is 2. The maximum atomic E-state index is 13.1. The molecular formula is C25H30BrClO3. The summed E-state index contributed by atoms with van der Waals surface area (Å²) in [7, 11) is 0. The molecule has 0 aliphatic rings. The third kappa shape index (κ3) is 5.75. The van der Waals surface area contributed by atoms with Crippen molar-refractivity contribution in [3.63, 3.8) is 0 Å². The van der Waals surface area contributed by atoms with E-state index in [-0.39, 0.29) is 12.6 Å². The molecule has 0 aromatic heterocycles. The second kappa shape index (κ2) is 10.6. The molecule has 5 heteroatoms. The Kier molecular flexibility index (Phi) is 8.72. The SMILES string of the molecule is CC=c1cc(CBr)c(C(OC(C)(C)C)C(=O)OCC)c(-c2ccc(Cl)cc2)c1=CC. The summed E-state index contributed by atoms with van der Waals surface area (Å²) in [6.45, 7) is 11.9. The molecule has 2 aromatic rings. The molecule has 0 bridgehead atoms. The van der Waals surface area contributed by atoms with E-state index >= 15 is 0 Å². The lowest BCUT2D eigenvalue weighted by Gasteiger charge is -2.29. The zero-order valence-electron chi connectivity index (χ0n) is 18.5. The van der Waals surface area contributed by atoms with E-state index in [0.29, 0.717) is 10.4 Å². The standard InChI is InChI=1S/C25H30BrClO3/c1-7-16-14-18(15-26)22(23(24(28)29-9-3)30-25(4,5)6)21(20(16)8-2)17-10-12-19(27)13-11-17/h7-8,10-14,23H,9,15H2,1-6H3. The lowest BCUT2D eigenvalue weighted by Crippen LogP contribution is -2.34. The van der Waals surface area contributed by atoms with E-state index in [4.69, 9.17) is 21.1 Å². The summed E-state index contributed by atoms with van der Waals surface area (Å²) in [6.07, 6.45) is 3.29. The average Bonchev–Trinajstić information content (AvgIpc) is 2.70. The Hall–Kier alpha value is -1.62. The van der Waals surface area contributed by atoms with Gasteiger partial charge in [-0.1, -0.05) is 57.9 Å². The quantitative estimate of drug-likeness (QED) is 0.370. The van der Waals surface area contributed by atoms with Crippen LogP contribution in [0.3, 0.4) is 0 Å². The first-order valence-corrected chi connectivity index (χ1v) is 11.6. The number of esters is 1. The molecule has 30 heavy (non-hydrogen) atoms. The fourth-order valence-corrected chi connectivity index (χ4v) is 4.07. The molecule has 1 unspecified atom stereocenters. The van der Waals surface area contributed by atoms with Crippen LogP contribution in [-0.4, -0.2) is 18.2 Å². The molecule has 0 aliphatic carbocycles. The maximum Gasteiger partial charge on any atom is 0.339 e. The van der Waals surface area contributed by atoms with Crippen molar-refractivity contribution >= 4 is 45.7 Å². The highest BCUT2D eigenvalue weighted by Gasteiger charge is 2.33. The van der Waals surface area contributed by atoms with Gasteiger partial charge in [0.15, 0.2) is 6.10 Å². The van der Waals surface area contributed by atoms with Gasteiger partial charge in [-0.15, -0.1) is 0 Å². The number of halogens is 2. The number of hydrogen-bond acceptors (Lipinski definition) is 3. The van der Waals surface area contributed by atoms with Crippen LogP contribution in [0.2, 0.25) is 5.02 Å². The number of carbonyl (C=O) groups excluding carboxylic acids is 1. The molecule has 0 amide bonds. The zero-order chi connectivity index (χ0) is 22.5. The number of carbonyl (C=O) groups is 1. The van der Waals surface area contributed by atoms with E-state index < -0.39 is 11.7 Å². The van der Waals surface area contributed by atoms with Crippen LogP contribution >= 0.6 is 27.5 Å². The minimum absolute atomic E-state index is 0.288. The van der Waals surface area contributed by atoms with Crippen LogP contribution in [0.4, 0.5) is 0 Å². The van der Waals surface area contributed by atoms with Crippen LogP contribution in [0.25, 0.3) is 23.3 Å². The third-order valence-electron chi connectivity index (χ3n) is 4.64. The largest absolute Gasteiger partial charge is 0.464 e. The smallest absolute Gasteiger partial charge is 0.339 e. The number of benzene rings is 2. The molecule has 0 radical (unpaired) electrons. The summed E-state index contributed by atoms with van der Waals surface area (Å²) in [4.78, 5) is 13.1. The predicted octanol–water partition coefficient (Wildman–Crippen LogP) is 5.92. The van der Waals surface area contributed by atoms with Crippen molar-refractivity contribution in [1.82, 2.24) is 0 Å². The monoisotopic (exact) mass is 492 g/mol. The Balaban J connectivity index is 3.00. The van der Waals surface area contributed by atoms with Gasteiger partial charge in [0.05, 0.1) is 12.2 Å². The molecule has 0 spiro atoms. The van der Waals surface area contributed by atoms with Crippen LogP contribution < -0.4 is 10.4 Å². The first kappa shape index (κ1) is 24.6. The highest BCUT2D eigenvalue weighted by atomic mass is 79.9. The molecule has 2 rings (SSSR count). The van der Waals surface area contributed by atoms with Gasteiger partial charge in [-0.05, 0) is 80.8 Å². The van der Waals surface area contributed by atoms with Crippen molar-refractivity contribution in [1.29, 1.82) is 0 Å². The molecule has 0 fully saturated rings. The van der Waals surface area contributed by atoms with Gasteiger partial charge in [0, 0.05) is 15.9 Å². The van der Waals surface area contributed by atoms with Crippen LogP contribution in [0.5, 0.6) is 0 Å². The molecule has 0 aliphatic heterocycles. The highest BCUT2D eigenvalue weighted by molar-refractivity contribution is 9.08. The fraction of sp³-hybridized carbons (Fsp3) is 0.400. The van der Waals surface area contributed by atoms with Crippen LogP contribution in [0, 0.1) is 0 Å². The minimum atomic E-state index is -0.854. The van der Waals surface area contributed by atoms with E-state index in [2.05, 4.69) is 34.1 Å². The van der Waals surface area contributed by atoms with Gasteiger partial charge >= 0.3 is 5.97 Å². The van der Waals surface area contributed by atoms with E-state index in [1.807, 2.05) is 58.9 Å². The van der Waals surface area contributed by atoms with E-state index in [1.54, 1.807) is 6.92 Å². The Labute approximate surface area is 192 Å². The van der Waals surface area contributed by atoms with E-state index in [0.717, 1.165) is 32.7 Å². The summed E-state index contributed by atoms with van der Waals surface area (Å²) < 4.78 is 11.7. The van der Waals surface area contributed by atoms with Gasteiger partial charge in [-0.25, -0.2) is 4.79 Å². The summed E-state index contributed by atoms with van der Waals surface area (Å²) in [6, 6.07) is 9.79. The number of hydrogen-bond donors (Lipinski definition) is 0. The predicted molar refractivity (Wildman–Crippen MR) is 129 cm³/mol. The topological polar surface area (TPSA) is 35.5 Å². The maximum absolute atomic E-state index is 13.1. The van der Waals surface area contributed by atoms with Gasteiger partial charge in [0.1, 0.15) is 0 Å². The van der Waals surface area contributed by atoms with Gasteiger partial charge in [0.2, 0.25) is 0 Å². The summed E-state index contributed by atoms with van der Waals surface area (Å²) in [5, 5.41) is 3.39. The van der Waals surface area contributed by atoms with Crippen LogP contribution in [-0.2, 0) is 19.6 Å². The Morgan fingerprint density at radius 2 is 1.80 bits per heavy atom. The Bertz CT molecular complexity index is 1000. The second-order valence-corrected chi connectivity index (χ2v) is 8.90. The molecule has 0 saturated heterocycles. The van der Waals surface area contributed by atoms with Crippen molar-refractivity contribution in [3.05, 3.63) is 56.9 Å². The third-order valence-corrected chi connectivity index (χ3v) is 5.49. The lowest BCUT2D eigenvalue weighted by molar-refractivity contribution is -0.166. The first-order chi connectivity index (χ1) is 14.2. The van der Waals surface area contributed by atoms with Crippen LogP contribution in [0.1, 0.15) is 58.8 Å². The van der Waals surface area contributed by atoms with Crippen molar-refractivity contribution in [2.24, 2.45) is 0 Å². The van der Waals surface area contributed by atoms with Gasteiger partial charge in [-0.2, -0.15) is 0 Å². The summed E-state index contributed by atoms with van der Waals surface area (Å²) in [5.41, 5.74) is 3.20. The first-order valence-electron chi connectivity index (χ1n) is 10.1. The van der Waals surface area contributed by atoms with E-state index in [9.17, 15) is 4.79 Å². The molecule has 0 heterocycles. The van der Waals surface area contributed by atoms with Gasteiger partial charge < -0.3 is 9.47 Å². The number of rotatable bonds is 6. The normalized spacial score (nSPS) is 14.1. The van der Waals surface area contributed by atoms with Crippen LogP contribution in [0.15, 0.2) is 30.3 Å². The summed E-state index contributed by atoms with van der Waals surface area (Å²) in [5.74, 6) is -0.389. The fourth-order valence-electron chi connectivity index (χ4n) is 3.48. The molecule has 1 atom stereocenters. The highest BCUT2D eigenvalue weighted by Crippen LogP contribution is 2.35. The Morgan fingerprint density at radius 1 is 1.17 bits per heavy atom. The number of alkyl halides is 1. The molecule has 2 aromatic carbocycles. The lowest BCUT2D eigenvalue weighted by atomic mass is 9.88. The van der Waals surface area contributed by atoms with Crippen molar-refractivity contribution in [2.75, 3.05) is 6.61 Å². The molecule has 0 saturated carbocycles. The van der Waals surface area contributed by atoms with Crippen molar-refractivity contribution < 1.29 is 14.3 Å². The molecule has 162 valence electrons. The zero-order valence-corrected chi connectivity index (χ0v) is 20.9. The van der Waals surface area contributed by atoms with E-state index in [1.165, 1.54) is 0 Å². The molecular weight excluding hydrogens is 464 g/mol. The second-order valence-electron chi connectivity index (χ2n) is 7.91. The van der Waals surface area contributed by atoms with Gasteiger partial charge in [0.25, 0.3) is 0 Å². The minimum Gasteiger partial charge on any atom is -0.464 e. The molecule has 0 N–H and O–H groups in total. The van der Waals surface area contributed by atoms with Crippen molar-refractivity contribution in [3.8, 4) is 11.1 Å². The van der Waals surface area contributed by atoms with Crippen molar-refractivity contribution in [2.45, 2.75) is 58.6 Å².